The highest BCUT2D eigenvalue weighted by Gasteiger charge is 2.16. The maximum Gasteiger partial charge on any atom is 0.179 e. The Morgan fingerprint density at radius 1 is 1.29 bits per heavy atom. The van der Waals surface area contributed by atoms with Gasteiger partial charge in [0.15, 0.2) is 9.84 Å². The second-order valence-corrected chi connectivity index (χ2v) is 7.65. The van der Waals surface area contributed by atoms with Crippen molar-refractivity contribution in [2.45, 2.75) is 25.7 Å². The Hall–Kier alpha value is -1.40. The van der Waals surface area contributed by atoms with E-state index < -0.39 is 9.84 Å². The molecule has 0 aliphatic heterocycles. The minimum atomic E-state index is -3.30. The Morgan fingerprint density at radius 2 is 1.86 bits per heavy atom. The molecule has 1 aromatic rings. The van der Waals surface area contributed by atoms with Crippen LogP contribution >= 0.6 is 0 Å². The van der Waals surface area contributed by atoms with Crippen molar-refractivity contribution in [1.29, 1.82) is 5.41 Å². The van der Waals surface area contributed by atoms with Crippen LogP contribution in [0, 0.1) is 11.3 Å². The van der Waals surface area contributed by atoms with Crippen LogP contribution in [0.1, 0.15) is 26.3 Å². The first-order chi connectivity index (χ1) is 9.76. The molecule has 0 bridgehead atoms. The predicted molar refractivity (Wildman–Crippen MR) is 86.5 cm³/mol. The molecule has 0 unspecified atom stereocenters. The normalized spacial score (nSPS) is 12.0. The van der Waals surface area contributed by atoms with Crippen LogP contribution in [0.4, 0.5) is 0 Å². The highest BCUT2D eigenvalue weighted by Crippen LogP contribution is 2.13. The van der Waals surface area contributed by atoms with Crippen molar-refractivity contribution in [2.24, 2.45) is 11.7 Å². The molecule has 0 aliphatic carbocycles. The summed E-state index contributed by atoms with van der Waals surface area (Å²) in [6, 6.07) is 6.18. The van der Waals surface area contributed by atoms with Crippen molar-refractivity contribution in [2.75, 3.05) is 25.4 Å². The fourth-order valence-electron chi connectivity index (χ4n) is 2.10. The highest BCUT2D eigenvalue weighted by atomic mass is 32.2. The zero-order valence-electron chi connectivity index (χ0n) is 13.0. The summed E-state index contributed by atoms with van der Waals surface area (Å²) in [6.45, 7) is 8.56. The first kappa shape index (κ1) is 17.7. The number of nitrogen functional groups attached to an aromatic ring is 1. The van der Waals surface area contributed by atoms with Gasteiger partial charge in [-0.3, -0.25) is 5.41 Å². The molecule has 21 heavy (non-hydrogen) atoms. The number of nitrogens with two attached hydrogens (primary N) is 1. The van der Waals surface area contributed by atoms with Crippen LogP contribution in [0.15, 0.2) is 29.2 Å². The molecule has 1 aromatic carbocycles. The maximum absolute atomic E-state index is 12.3. The first-order valence-corrected chi connectivity index (χ1v) is 8.81. The number of nitrogens with one attached hydrogen (secondary N) is 1. The third-order valence-corrected chi connectivity index (χ3v) is 4.98. The third-order valence-electron chi connectivity index (χ3n) is 3.27. The molecule has 0 saturated heterocycles. The van der Waals surface area contributed by atoms with Gasteiger partial charge in [-0.25, -0.2) is 8.42 Å². The van der Waals surface area contributed by atoms with Crippen molar-refractivity contribution >= 4 is 15.7 Å². The summed E-state index contributed by atoms with van der Waals surface area (Å²) in [7, 11) is -3.30. The Balaban J connectivity index is 2.74. The lowest BCUT2D eigenvalue weighted by Crippen LogP contribution is -2.32. The molecule has 0 amide bonds. The van der Waals surface area contributed by atoms with Gasteiger partial charge in [0.1, 0.15) is 5.84 Å². The summed E-state index contributed by atoms with van der Waals surface area (Å²) in [5.41, 5.74) is 5.89. The van der Waals surface area contributed by atoms with Crippen molar-refractivity contribution in [1.82, 2.24) is 4.90 Å². The van der Waals surface area contributed by atoms with Gasteiger partial charge in [0.25, 0.3) is 0 Å². The van der Waals surface area contributed by atoms with E-state index >= 15 is 0 Å². The van der Waals surface area contributed by atoms with Gasteiger partial charge < -0.3 is 10.6 Å². The average Bonchev–Trinajstić information content (AvgIpc) is 2.43. The molecule has 0 spiro atoms. The Morgan fingerprint density at radius 3 is 2.29 bits per heavy atom. The zero-order valence-corrected chi connectivity index (χ0v) is 13.8. The molecule has 3 N–H and O–H groups in total. The van der Waals surface area contributed by atoms with E-state index in [-0.39, 0.29) is 16.5 Å². The monoisotopic (exact) mass is 311 g/mol. The SMILES string of the molecule is CCN(CCS(=O)(=O)c1ccc(C(=N)N)cc1)CC(C)C. The standard InChI is InChI=1S/C15H25N3O2S/c1-4-18(11-12(2)3)9-10-21(19,20)14-7-5-13(6-8-14)15(16)17/h5-8,12H,4,9-11H2,1-3H3,(H3,16,17). The smallest absolute Gasteiger partial charge is 0.179 e. The quantitative estimate of drug-likeness (QED) is 0.565. The van der Waals surface area contributed by atoms with E-state index in [1.165, 1.54) is 12.1 Å². The van der Waals surface area contributed by atoms with Crippen LogP contribution < -0.4 is 5.73 Å². The van der Waals surface area contributed by atoms with E-state index in [9.17, 15) is 8.42 Å². The molecule has 0 aliphatic rings. The summed E-state index contributed by atoms with van der Waals surface area (Å²) in [5, 5.41) is 7.31. The van der Waals surface area contributed by atoms with E-state index in [0.29, 0.717) is 18.0 Å². The second-order valence-electron chi connectivity index (χ2n) is 5.54. The fraction of sp³-hybridized carbons (Fsp3) is 0.533. The van der Waals surface area contributed by atoms with E-state index in [4.69, 9.17) is 11.1 Å². The van der Waals surface area contributed by atoms with Crippen LogP contribution in [0.5, 0.6) is 0 Å². The summed E-state index contributed by atoms with van der Waals surface area (Å²) >= 11 is 0. The van der Waals surface area contributed by atoms with Gasteiger partial charge in [-0.2, -0.15) is 0 Å². The van der Waals surface area contributed by atoms with Crippen molar-refractivity contribution in [3.8, 4) is 0 Å². The number of nitrogens with zero attached hydrogens (tertiary/aromatic N) is 1. The number of sulfone groups is 1. The first-order valence-electron chi connectivity index (χ1n) is 7.15. The maximum atomic E-state index is 12.3. The molecular formula is C15H25N3O2S. The van der Waals surface area contributed by atoms with Crippen molar-refractivity contribution in [3.63, 3.8) is 0 Å². The Bertz CT molecular complexity index is 565. The summed E-state index contributed by atoms with van der Waals surface area (Å²) in [6.07, 6.45) is 0. The fourth-order valence-corrected chi connectivity index (χ4v) is 3.39. The Kier molecular flexibility index (Phi) is 6.36. The predicted octanol–water partition coefficient (Wildman–Crippen LogP) is 1.72. The molecule has 0 fully saturated rings. The van der Waals surface area contributed by atoms with Crippen LogP contribution in [-0.4, -0.2) is 44.5 Å². The summed E-state index contributed by atoms with van der Waals surface area (Å²) < 4.78 is 24.6. The number of amidine groups is 1. The molecule has 5 nitrogen and oxygen atoms in total. The van der Waals surface area contributed by atoms with E-state index in [2.05, 4.69) is 18.7 Å². The second kappa shape index (κ2) is 7.56. The minimum absolute atomic E-state index is 0.0620. The molecule has 0 heterocycles. The van der Waals surface area contributed by atoms with Crippen LogP contribution in [0.25, 0.3) is 0 Å². The number of rotatable bonds is 8. The van der Waals surface area contributed by atoms with Gasteiger partial charge in [-0.15, -0.1) is 0 Å². The lowest BCUT2D eigenvalue weighted by molar-refractivity contribution is 0.270. The molecule has 0 radical (unpaired) electrons. The highest BCUT2D eigenvalue weighted by molar-refractivity contribution is 7.91. The number of hydrogen-bond acceptors (Lipinski definition) is 4. The molecular weight excluding hydrogens is 286 g/mol. The summed E-state index contributed by atoms with van der Waals surface area (Å²) in [5.74, 6) is 0.558. The van der Waals surface area contributed by atoms with Crippen LogP contribution in [0.2, 0.25) is 0 Å². The molecule has 118 valence electrons. The van der Waals surface area contributed by atoms with E-state index in [1.807, 2.05) is 6.92 Å². The van der Waals surface area contributed by atoms with Crippen LogP contribution in [-0.2, 0) is 9.84 Å². The van der Waals surface area contributed by atoms with Gasteiger partial charge in [-0.05, 0) is 24.6 Å². The van der Waals surface area contributed by atoms with Gasteiger partial charge in [-0.1, -0.05) is 32.9 Å². The number of hydrogen-bond donors (Lipinski definition) is 2. The van der Waals surface area contributed by atoms with Crippen molar-refractivity contribution < 1.29 is 8.42 Å². The van der Waals surface area contributed by atoms with Crippen LogP contribution in [0.3, 0.4) is 0 Å². The Labute approximate surface area is 127 Å². The molecule has 1 rings (SSSR count). The van der Waals surface area contributed by atoms with Gasteiger partial charge in [0, 0.05) is 18.7 Å². The minimum Gasteiger partial charge on any atom is -0.384 e. The molecule has 0 atom stereocenters. The molecule has 6 heteroatoms. The summed E-state index contributed by atoms with van der Waals surface area (Å²) in [4.78, 5) is 2.43. The van der Waals surface area contributed by atoms with Gasteiger partial charge in [0.2, 0.25) is 0 Å². The van der Waals surface area contributed by atoms with E-state index in [0.717, 1.165) is 13.1 Å². The third kappa shape index (κ3) is 5.47. The topological polar surface area (TPSA) is 87.2 Å². The molecule has 0 saturated carbocycles. The lowest BCUT2D eigenvalue weighted by Gasteiger charge is -2.22. The average molecular weight is 311 g/mol. The number of benzene rings is 1. The van der Waals surface area contributed by atoms with E-state index in [1.54, 1.807) is 12.1 Å². The van der Waals surface area contributed by atoms with Gasteiger partial charge >= 0.3 is 0 Å². The lowest BCUT2D eigenvalue weighted by atomic mass is 10.2. The largest absolute Gasteiger partial charge is 0.384 e. The van der Waals surface area contributed by atoms with Gasteiger partial charge in [0.05, 0.1) is 10.6 Å². The zero-order chi connectivity index (χ0) is 16.0. The van der Waals surface area contributed by atoms with Crippen molar-refractivity contribution in [3.05, 3.63) is 29.8 Å². The molecule has 0 aromatic heterocycles.